The Balaban J connectivity index is 2.46. The third-order valence-electron chi connectivity index (χ3n) is 4.38. The number of benzene rings is 1. The van der Waals surface area contributed by atoms with Gasteiger partial charge in [-0.05, 0) is 11.6 Å². The van der Waals surface area contributed by atoms with E-state index in [0.717, 1.165) is 31.7 Å². The molecular formula is C16H25N3O4. The lowest BCUT2D eigenvalue weighted by Crippen LogP contribution is -2.49. The zero-order valence-corrected chi connectivity index (χ0v) is 13.9. The Kier molecular flexibility index (Phi) is 5.56. The lowest BCUT2D eigenvalue weighted by molar-refractivity contribution is -0.385. The van der Waals surface area contributed by atoms with Gasteiger partial charge in [-0.15, -0.1) is 0 Å². The van der Waals surface area contributed by atoms with E-state index in [9.17, 15) is 15.2 Å². The van der Waals surface area contributed by atoms with E-state index in [4.69, 9.17) is 4.74 Å². The van der Waals surface area contributed by atoms with Crippen LogP contribution >= 0.6 is 0 Å². The van der Waals surface area contributed by atoms with Gasteiger partial charge in [0.25, 0.3) is 0 Å². The Morgan fingerprint density at radius 2 is 2.09 bits per heavy atom. The number of hydrogen-bond acceptors (Lipinski definition) is 6. The third kappa shape index (κ3) is 3.80. The monoisotopic (exact) mass is 323 g/mol. The molecule has 2 N–H and O–H groups in total. The van der Waals surface area contributed by atoms with Crippen molar-refractivity contribution in [1.82, 2.24) is 10.2 Å². The van der Waals surface area contributed by atoms with E-state index in [0.29, 0.717) is 0 Å². The van der Waals surface area contributed by atoms with E-state index in [-0.39, 0.29) is 24.1 Å². The fourth-order valence-corrected chi connectivity index (χ4v) is 3.20. The summed E-state index contributed by atoms with van der Waals surface area (Å²) in [5.41, 5.74) is 0.372. The Labute approximate surface area is 136 Å². The van der Waals surface area contributed by atoms with E-state index in [2.05, 4.69) is 10.2 Å². The van der Waals surface area contributed by atoms with Crippen LogP contribution in [0.4, 0.5) is 5.69 Å². The summed E-state index contributed by atoms with van der Waals surface area (Å²) in [5, 5.41) is 24.4. The first-order valence-electron chi connectivity index (χ1n) is 7.78. The average Bonchev–Trinajstić information content (AvgIpc) is 2.55. The van der Waals surface area contributed by atoms with Crippen LogP contribution in [0.5, 0.6) is 5.75 Å². The summed E-state index contributed by atoms with van der Waals surface area (Å²) in [4.78, 5) is 13.2. The molecule has 1 fully saturated rings. The third-order valence-corrected chi connectivity index (χ3v) is 4.38. The Bertz CT molecular complexity index is 556. The number of nitrogens with zero attached hydrogens (tertiary/aromatic N) is 2. The summed E-state index contributed by atoms with van der Waals surface area (Å²) >= 11 is 0. The Hall–Kier alpha value is -1.70. The SMILES string of the molecule is COc1ccc([C@@H](N2CCNCC2)C(C)(C)CO)cc1[N+](=O)[O-]. The molecule has 23 heavy (non-hydrogen) atoms. The second-order valence-corrected chi connectivity index (χ2v) is 6.52. The van der Waals surface area contributed by atoms with Gasteiger partial charge in [0.15, 0.2) is 5.75 Å². The molecule has 1 aliphatic heterocycles. The summed E-state index contributed by atoms with van der Waals surface area (Å²) in [6.07, 6.45) is 0. The molecule has 1 atom stereocenters. The normalized spacial score (nSPS) is 17.7. The molecule has 2 rings (SSSR count). The van der Waals surface area contributed by atoms with Crippen LogP contribution in [0.3, 0.4) is 0 Å². The Morgan fingerprint density at radius 3 is 2.61 bits per heavy atom. The first kappa shape index (κ1) is 17.7. The highest BCUT2D eigenvalue weighted by Gasteiger charge is 2.36. The highest BCUT2D eigenvalue weighted by atomic mass is 16.6. The molecular weight excluding hydrogens is 298 g/mol. The van der Waals surface area contributed by atoms with Crippen LogP contribution in [0.1, 0.15) is 25.5 Å². The minimum atomic E-state index is -0.427. The molecule has 0 aromatic heterocycles. The number of methoxy groups -OCH3 is 1. The molecule has 1 saturated heterocycles. The number of piperazine rings is 1. The summed E-state index contributed by atoms with van der Waals surface area (Å²) in [7, 11) is 1.42. The van der Waals surface area contributed by atoms with Crippen molar-refractivity contribution in [1.29, 1.82) is 0 Å². The fraction of sp³-hybridized carbons (Fsp3) is 0.625. The second-order valence-electron chi connectivity index (χ2n) is 6.52. The van der Waals surface area contributed by atoms with Crippen LogP contribution < -0.4 is 10.1 Å². The zero-order valence-electron chi connectivity index (χ0n) is 13.9. The van der Waals surface area contributed by atoms with Gasteiger partial charge < -0.3 is 15.2 Å². The van der Waals surface area contributed by atoms with Crippen molar-refractivity contribution in [2.24, 2.45) is 5.41 Å². The molecule has 1 aromatic carbocycles. The first-order valence-corrected chi connectivity index (χ1v) is 7.78. The van der Waals surface area contributed by atoms with E-state index in [1.807, 2.05) is 19.9 Å². The van der Waals surface area contributed by atoms with Gasteiger partial charge in [-0.25, -0.2) is 0 Å². The fourth-order valence-electron chi connectivity index (χ4n) is 3.20. The number of aliphatic hydroxyl groups excluding tert-OH is 1. The summed E-state index contributed by atoms with van der Waals surface area (Å²) in [6.45, 7) is 7.39. The smallest absolute Gasteiger partial charge is 0.311 e. The molecule has 0 spiro atoms. The number of hydrogen-bond donors (Lipinski definition) is 2. The second kappa shape index (κ2) is 7.25. The molecule has 7 nitrogen and oxygen atoms in total. The highest BCUT2D eigenvalue weighted by molar-refractivity contribution is 5.49. The van der Waals surface area contributed by atoms with Gasteiger partial charge in [0, 0.05) is 50.3 Å². The number of nitro benzene ring substituents is 1. The number of ether oxygens (including phenoxy) is 1. The molecule has 1 aliphatic rings. The summed E-state index contributed by atoms with van der Waals surface area (Å²) < 4.78 is 5.08. The van der Waals surface area contributed by atoms with Crippen molar-refractivity contribution in [3.8, 4) is 5.75 Å². The van der Waals surface area contributed by atoms with Crippen LogP contribution in [0.25, 0.3) is 0 Å². The maximum absolute atomic E-state index is 11.3. The lowest BCUT2D eigenvalue weighted by atomic mass is 9.79. The van der Waals surface area contributed by atoms with Gasteiger partial charge in [-0.1, -0.05) is 19.9 Å². The van der Waals surface area contributed by atoms with Gasteiger partial charge in [-0.3, -0.25) is 15.0 Å². The molecule has 0 radical (unpaired) electrons. The largest absolute Gasteiger partial charge is 0.490 e. The number of rotatable bonds is 6. The molecule has 1 heterocycles. The maximum Gasteiger partial charge on any atom is 0.311 e. The molecule has 1 aromatic rings. The molecule has 0 bridgehead atoms. The highest BCUT2D eigenvalue weighted by Crippen LogP contribution is 2.41. The summed E-state index contributed by atoms with van der Waals surface area (Å²) in [6, 6.07) is 4.97. The molecule has 7 heteroatoms. The number of nitro groups is 1. The van der Waals surface area contributed by atoms with E-state index in [1.54, 1.807) is 12.1 Å². The van der Waals surface area contributed by atoms with E-state index < -0.39 is 10.3 Å². The van der Waals surface area contributed by atoms with E-state index >= 15 is 0 Å². The minimum Gasteiger partial charge on any atom is -0.490 e. The van der Waals surface area contributed by atoms with Gasteiger partial charge >= 0.3 is 5.69 Å². The van der Waals surface area contributed by atoms with Crippen molar-refractivity contribution in [3.05, 3.63) is 33.9 Å². The predicted molar refractivity (Wildman–Crippen MR) is 87.7 cm³/mol. The van der Waals surface area contributed by atoms with Gasteiger partial charge in [0.05, 0.1) is 12.0 Å². The van der Waals surface area contributed by atoms with Crippen LogP contribution in [0, 0.1) is 15.5 Å². The lowest BCUT2D eigenvalue weighted by Gasteiger charge is -2.43. The topological polar surface area (TPSA) is 87.9 Å². The van der Waals surface area contributed by atoms with Crippen molar-refractivity contribution in [3.63, 3.8) is 0 Å². The summed E-state index contributed by atoms with van der Waals surface area (Å²) in [5.74, 6) is 0.250. The van der Waals surface area contributed by atoms with Crippen LogP contribution in [0.15, 0.2) is 18.2 Å². The van der Waals surface area contributed by atoms with Gasteiger partial charge in [-0.2, -0.15) is 0 Å². The van der Waals surface area contributed by atoms with Gasteiger partial charge in [0.2, 0.25) is 0 Å². The van der Waals surface area contributed by atoms with Crippen molar-refractivity contribution >= 4 is 5.69 Å². The quantitative estimate of drug-likeness (QED) is 0.610. The zero-order chi connectivity index (χ0) is 17.0. The number of aliphatic hydroxyl groups is 1. The van der Waals surface area contributed by atoms with Crippen molar-refractivity contribution < 1.29 is 14.8 Å². The predicted octanol–water partition coefficient (Wildman–Crippen LogP) is 1.57. The molecule has 0 amide bonds. The van der Waals surface area contributed by atoms with Crippen molar-refractivity contribution in [2.75, 3.05) is 39.9 Å². The number of nitrogens with one attached hydrogen (secondary N) is 1. The first-order chi connectivity index (χ1) is 10.9. The van der Waals surface area contributed by atoms with Crippen LogP contribution in [-0.2, 0) is 0 Å². The minimum absolute atomic E-state index is 0.00141. The molecule has 0 aliphatic carbocycles. The molecule has 128 valence electrons. The van der Waals surface area contributed by atoms with E-state index in [1.165, 1.54) is 7.11 Å². The van der Waals surface area contributed by atoms with Crippen molar-refractivity contribution in [2.45, 2.75) is 19.9 Å². The molecule has 0 saturated carbocycles. The van der Waals surface area contributed by atoms with Crippen LogP contribution in [-0.4, -0.2) is 54.8 Å². The standard InChI is InChI=1S/C16H25N3O4/c1-16(2,11-20)15(18-8-6-17-7-9-18)12-4-5-14(23-3)13(10-12)19(21)22/h4-5,10,15,17,20H,6-9,11H2,1-3H3/t15-/m1/s1. The maximum atomic E-state index is 11.3. The molecule has 0 unspecified atom stereocenters. The van der Waals surface area contributed by atoms with Crippen LogP contribution in [0.2, 0.25) is 0 Å². The van der Waals surface area contributed by atoms with Gasteiger partial charge in [0.1, 0.15) is 0 Å². The average molecular weight is 323 g/mol. The Morgan fingerprint density at radius 1 is 1.43 bits per heavy atom.